The van der Waals surface area contributed by atoms with Crippen LogP contribution in [-0.2, 0) is 12.4 Å². The number of alkyl halides is 6. The first-order valence-corrected chi connectivity index (χ1v) is 19.4. The molecule has 2 aliphatic heterocycles. The van der Waals surface area contributed by atoms with Crippen LogP contribution in [-0.4, -0.2) is 0 Å². The van der Waals surface area contributed by atoms with Crippen molar-refractivity contribution in [3.8, 4) is 22.3 Å². The Kier molecular flexibility index (Phi) is 8.74. The first-order chi connectivity index (χ1) is 26.9. The number of anilines is 6. The predicted molar refractivity (Wildman–Crippen MR) is 214 cm³/mol. The zero-order chi connectivity index (χ0) is 38.9. The molecule has 278 valence electrons. The number of halogens is 6. The number of nitrogens with zero attached hydrogens (tertiary/aromatic N) is 2. The molecule has 2 aliphatic rings. The lowest BCUT2D eigenvalue weighted by Crippen LogP contribution is -2.22. The maximum Gasteiger partial charge on any atom is 0.416 e. The number of fused-ring (bicyclic) bond motifs is 4. The number of para-hydroxylation sites is 4. The lowest BCUT2D eigenvalue weighted by Gasteiger charge is -2.40. The fourth-order valence-electron chi connectivity index (χ4n) is 7.83. The van der Waals surface area contributed by atoms with Crippen LogP contribution in [0.3, 0.4) is 0 Å². The second-order valence-electron chi connectivity index (χ2n) is 13.6. The predicted octanol–water partition coefficient (Wildman–Crippen LogP) is 15.5. The molecule has 0 atom stereocenters. The lowest BCUT2D eigenvalue weighted by atomic mass is 9.84. The van der Waals surface area contributed by atoms with Gasteiger partial charge in [0.05, 0.1) is 45.3 Å². The van der Waals surface area contributed by atoms with Crippen LogP contribution in [0.15, 0.2) is 165 Å². The van der Waals surface area contributed by atoms with E-state index < -0.39 is 23.5 Å². The molecule has 0 unspecified atom stereocenters. The van der Waals surface area contributed by atoms with Gasteiger partial charge in [0.2, 0.25) is 0 Å². The fraction of sp³-hybridized carbons (Fsp3) is 0.0870. The molecule has 0 aliphatic carbocycles. The minimum absolute atomic E-state index is 0.290. The monoisotopic (exact) mass is 788 g/mol. The van der Waals surface area contributed by atoms with Gasteiger partial charge in [-0.2, -0.15) is 26.3 Å². The first kappa shape index (κ1) is 36.1. The third kappa shape index (κ3) is 6.03. The Morgan fingerprint density at radius 3 is 1.04 bits per heavy atom. The van der Waals surface area contributed by atoms with Gasteiger partial charge in [-0.15, -0.1) is 0 Å². The molecule has 0 radical (unpaired) electrons. The van der Waals surface area contributed by atoms with Crippen molar-refractivity contribution in [2.24, 2.45) is 0 Å². The number of benzene rings is 7. The Labute approximate surface area is 328 Å². The quantitative estimate of drug-likeness (QED) is 0.164. The van der Waals surface area contributed by atoms with Gasteiger partial charge in [0, 0.05) is 30.7 Å². The van der Waals surface area contributed by atoms with Gasteiger partial charge in [0.15, 0.2) is 0 Å². The summed E-state index contributed by atoms with van der Waals surface area (Å²) in [7, 11) is 0. The average Bonchev–Trinajstić information content (AvgIpc) is 3.19. The van der Waals surface area contributed by atoms with Gasteiger partial charge in [-0.25, -0.2) is 0 Å². The van der Waals surface area contributed by atoms with Crippen molar-refractivity contribution in [2.45, 2.75) is 45.8 Å². The smallest absolute Gasteiger partial charge is 0.307 e. The fourth-order valence-corrected chi connectivity index (χ4v) is 9.94. The van der Waals surface area contributed by atoms with E-state index in [0.29, 0.717) is 44.8 Å². The number of hydrogen-bond acceptors (Lipinski definition) is 4. The minimum atomic E-state index is -4.64. The summed E-state index contributed by atoms with van der Waals surface area (Å²) in [6.07, 6.45) is -9.27. The van der Waals surface area contributed by atoms with E-state index in [1.54, 1.807) is 35.7 Å². The molecular weight excluding hydrogens is 759 g/mol. The van der Waals surface area contributed by atoms with Crippen LogP contribution >= 0.6 is 23.5 Å². The van der Waals surface area contributed by atoms with Crippen molar-refractivity contribution in [3.05, 3.63) is 168 Å². The number of hydrogen-bond donors (Lipinski definition) is 0. The molecule has 0 N–H and O–H groups in total. The summed E-state index contributed by atoms with van der Waals surface area (Å²) in [4.78, 5) is 8.02. The maximum absolute atomic E-state index is 14.5. The molecule has 56 heavy (non-hydrogen) atoms. The molecule has 0 spiro atoms. The normalized spacial score (nSPS) is 13.5. The molecule has 10 heteroatoms. The third-order valence-corrected chi connectivity index (χ3v) is 12.5. The van der Waals surface area contributed by atoms with E-state index in [1.165, 1.54) is 12.1 Å². The molecule has 7 aromatic carbocycles. The van der Waals surface area contributed by atoms with E-state index in [4.69, 9.17) is 0 Å². The largest absolute Gasteiger partial charge is 0.416 e. The van der Waals surface area contributed by atoms with Crippen molar-refractivity contribution >= 4 is 57.6 Å². The van der Waals surface area contributed by atoms with Crippen molar-refractivity contribution in [3.63, 3.8) is 0 Å². The molecule has 7 aromatic rings. The SMILES string of the molecule is Cc1c(-c2cccc(C(F)(F)F)c2)c(N2c3ccccc3Sc3ccccc32)c(C)c(N2c3ccccc3Sc3ccccc32)c1-c1cccc(C(F)(F)F)c1. The molecule has 0 aromatic heterocycles. The van der Waals surface area contributed by atoms with Gasteiger partial charge in [0.25, 0.3) is 0 Å². The van der Waals surface area contributed by atoms with Crippen LogP contribution in [0, 0.1) is 13.8 Å². The molecule has 0 saturated carbocycles. The number of rotatable bonds is 4. The summed E-state index contributed by atoms with van der Waals surface area (Å²) in [5, 5.41) is 0. The molecule has 9 rings (SSSR count). The Hall–Kier alpha value is -5.58. The van der Waals surface area contributed by atoms with E-state index in [0.717, 1.165) is 66.6 Å². The second kappa shape index (κ2) is 13.6. The van der Waals surface area contributed by atoms with Crippen molar-refractivity contribution < 1.29 is 26.3 Å². The lowest BCUT2D eigenvalue weighted by molar-refractivity contribution is -0.138. The van der Waals surface area contributed by atoms with Crippen molar-refractivity contribution in [2.75, 3.05) is 9.80 Å². The molecule has 0 saturated heterocycles. The van der Waals surface area contributed by atoms with Gasteiger partial charge in [-0.3, -0.25) is 0 Å². The van der Waals surface area contributed by atoms with Crippen LogP contribution in [0.25, 0.3) is 22.3 Å². The topological polar surface area (TPSA) is 6.48 Å². The highest BCUT2D eigenvalue weighted by molar-refractivity contribution is 8.00. The van der Waals surface area contributed by atoms with E-state index >= 15 is 0 Å². The van der Waals surface area contributed by atoms with Crippen LogP contribution in [0.2, 0.25) is 0 Å². The standard InChI is InChI=1S/C46H30F6N2S2/c1-27-41(29-13-11-15-31(25-29)45(47,48)49)43(53-33-17-3-7-21-37(33)55-38-22-8-4-18-34(38)53)28(2)44(42(27)30-14-12-16-32(26-30)46(50,51)52)54-35-19-5-9-23-39(35)56-40-24-10-6-20-36(40)54/h3-26H,1-2H3. The van der Waals surface area contributed by atoms with Crippen LogP contribution < -0.4 is 9.80 Å². The Morgan fingerprint density at radius 2 is 0.714 bits per heavy atom. The summed E-state index contributed by atoms with van der Waals surface area (Å²) in [5.74, 6) is 0. The van der Waals surface area contributed by atoms with Gasteiger partial charge in [-0.05, 0) is 109 Å². The van der Waals surface area contributed by atoms with Gasteiger partial charge >= 0.3 is 12.4 Å². The summed E-state index contributed by atoms with van der Waals surface area (Å²) >= 11 is 3.21. The molecule has 0 bridgehead atoms. The van der Waals surface area contributed by atoms with Crippen LogP contribution in [0.5, 0.6) is 0 Å². The summed E-state index contributed by atoms with van der Waals surface area (Å²) in [5.41, 5.74) is 5.67. The van der Waals surface area contributed by atoms with Crippen molar-refractivity contribution in [1.82, 2.24) is 0 Å². The van der Waals surface area contributed by atoms with Crippen LogP contribution in [0.1, 0.15) is 22.3 Å². The Bertz CT molecular complexity index is 2420. The zero-order valence-corrected chi connectivity index (χ0v) is 31.5. The average molecular weight is 789 g/mol. The van der Waals surface area contributed by atoms with Gasteiger partial charge in [0.1, 0.15) is 0 Å². The first-order valence-electron chi connectivity index (χ1n) is 17.7. The molecular formula is C46H30F6N2S2. The molecule has 2 heterocycles. The summed E-state index contributed by atoms with van der Waals surface area (Å²) in [6.45, 7) is 3.74. The Balaban J connectivity index is 1.49. The molecule has 0 fully saturated rings. The molecule has 0 amide bonds. The van der Waals surface area contributed by atoms with E-state index in [2.05, 4.69) is 9.80 Å². The summed E-state index contributed by atoms with van der Waals surface area (Å²) < 4.78 is 86.8. The summed E-state index contributed by atoms with van der Waals surface area (Å²) in [6, 6.07) is 42.0. The van der Waals surface area contributed by atoms with E-state index in [-0.39, 0.29) is 0 Å². The third-order valence-electron chi connectivity index (χ3n) is 10.2. The highest BCUT2D eigenvalue weighted by Crippen LogP contribution is 2.61. The van der Waals surface area contributed by atoms with Crippen LogP contribution in [0.4, 0.5) is 60.5 Å². The minimum Gasteiger partial charge on any atom is -0.307 e. The maximum atomic E-state index is 14.5. The highest BCUT2D eigenvalue weighted by atomic mass is 32.2. The zero-order valence-electron chi connectivity index (χ0n) is 29.8. The van der Waals surface area contributed by atoms with E-state index in [9.17, 15) is 26.3 Å². The molecule has 2 nitrogen and oxygen atoms in total. The van der Waals surface area contributed by atoms with E-state index in [1.807, 2.05) is 111 Å². The highest BCUT2D eigenvalue weighted by Gasteiger charge is 2.38. The second-order valence-corrected chi connectivity index (χ2v) is 15.8. The van der Waals surface area contributed by atoms with Gasteiger partial charge < -0.3 is 9.80 Å². The van der Waals surface area contributed by atoms with Crippen molar-refractivity contribution in [1.29, 1.82) is 0 Å². The Morgan fingerprint density at radius 1 is 0.393 bits per heavy atom. The van der Waals surface area contributed by atoms with Gasteiger partial charge in [-0.1, -0.05) is 96.3 Å².